The van der Waals surface area contributed by atoms with Gasteiger partial charge in [-0.1, -0.05) is 23.7 Å². The van der Waals surface area contributed by atoms with Gasteiger partial charge in [0.2, 0.25) is 5.91 Å². The van der Waals surface area contributed by atoms with Crippen LogP contribution < -0.4 is 5.32 Å². The average molecular weight is 284 g/mol. The average Bonchev–Trinajstić information content (AvgIpc) is 2.86. The van der Waals surface area contributed by atoms with Crippen LogP contribution in [0.5, 0.6) is 0 Å². The first-order chi connectivity index (χ1) is 8.66. The van der Waals surface area contributed by atoms with Crippen molar-refractivity contribution in [1.29, 1.82) is 0 Å². The van der Waals surface area contributed by atoms with Gasteiger partial charge in [-0.2, -0.15) is 0 Å². The van der Waals surface area contributed by atoms with Crippen molar-refractivity contribution < 1.29 is 9.18 Å². The molecular formula is C13H11ClFNOS. The molecule has 18 heavy (non-hydrogen) atoms. The third kappa shape index (κ3) is 3.31. The summed E-state index contributed by atoms with van der Waals surface area (Å²) in [6.07, 6.45) is 0.984. The number of carbonyl (C=O) groups is 1. The van der Waals surface area contributed by atoms with Gasteiger partial charge >= 0.3 is 0 Å². The smallest absolute Gasteiger partial charge is 0.224 e. The number of rotatable bonds is 4. The number of hydrogen-bond acceptors (Lipinski definition) is 2. The van der Waals surface area contributed by atoms with Crippen LogP contribution in [0.15, 0.2) is 35.7 Å². The molecule has 1 aromatic carbocycles. The Labute approximate surface area is 113 Å². The van der Waals surface area contributed by atoms with Crippen LogP contribution in [0, 0.1) is 5.82 Å². The molecule has 1 aromatic heterocycles. The SMILES string of the molecule is O=C(CCc1cccs1)Nc1cccc(Cl)c1F. The standard InChI is InChI=1S/C13H11ClFNOS/c14-10-4-1-5-11(13(10)15)16-12(17)7-6-9-3-2-8-18-9/h1-5,8H,6-7H2,(H,16,17). The molecule has 1 N–H and O–H groups in total. The van der Waals surface area contributed by atoms with Crippen molar-refractivity contribution in [1.82, 2.24) is 0 Å². The summed E-state index contributed by atoms with van der Waals surface area (Å²) >= 11 is 7.23. The summed E-state index contributed by atoms with van der Waals surface area (Å²) in [6, 6.07) is 8.44. The topological polar surface area (TPSA) is 29.1 Å². The minimum absolute atomic E-state index is 0.00561. The predicted octanol–water partition coefficient (Wildman–Crippen LogP) is 4.11. The van der Waals surface area contributed by atoms with Gasteiger partial charge in [-0.3, -0.25) is 4.79 Å². The zero-order chi connectivity index (χ0) is 13.0. The van der Waals surface area contributed by atoms with Crippen molar-refractivity contribution in [2.75, 3.05) is 5.32 Å². The highest BCUT2D eigenvalue weighted by Crippen LogP contribution is 2.22. The van der Waals surface area contributed by atoms with Gasteiger partial charge in [-0.25, -0.2) is 4.39 Å². The van der Waals surface area contributed by atoms with Crippen molar-refractivity contribution in [3.8, 4) is 0 Å². The van der Waals surface area contributed by atoms with Crippen molar-refractivity contribution in [3.05, 3.63) is 51.4 Å². The normalized spacial score (nSPS) is 10.3. The van der Waals surface area contributed by atoms with Crippen LogP contribution in [-0.4, -0.2) is 5.91 Å². The van der Waals surface area contributed by atoms with Gasteiger partial charge in [-0.15, -0.1) is 11.3 Å². The van der Waals surface area contributed by atoms with Crippen LogP contribution in [0.4, 0.5) is 10.1 Å². The second-order valence-corrected chi connectivity index (χ2v) is 5.17. The van der Waals surface area contributed by atoms with Gasteiger partial charge in [-0.05, 0) is 30.0 Å². The number of thiophene rings is 1. The predicted molar refractivity (Wildman–Crippen MR) is 72.7 cm³/mol. The molecule has 1 amide bonds. The Morgan fingerprint density at radius 2 is 2.17 bits per heavy atom. The first-order valence-corrected chi connectivity index (χ1v) is 6.69. The maximum absolute atomic E-state index is 13.5. The molecule has 2 aromatic rings. The van der Waals surface area contributed by atoms with Crippen molar-refractivity contribution in [3.63, 3.8) is 0 Å². The zero-order valence-electron chi connectivity index (χ0n) is 9.45. The van der Waals surface area contributed by atoms with Crippen LogP contribution in [0.3, 0.4) is 0 Å². The van der Waals surface area contributed by atoms with Gasteiger partial charge in [0.15, 0.2) is 5.82 Å². The van der Waals surface area contributed by atoms with E-state index in [1.165, 1.54) is 12.1 Å². The van der Waals surface area contributed by atoms with E-state index >= 15 is 0 Å². The second kappa shape index (κ2) is 5.98. The summed E-state index contributed by atoms with van der Waals surface area (Å²) in [5.74, 6) is -0.812. The fourth-order valence-electron chi connectivity index (χ4n) is 1.50. The molecule has 0 aliphatic heterocycles. The van der Waals surface area contributed by atoms with E-state index in [1.807, 2.05) is 17.5 Å². The summed E-state index contributed by atoms with van der Waals surface area (Å²) in [4.78, 5) is 12.8. The third-order valence-electron chi connectivity index (χ3n) is 2.40. The molecule has 5 heteroatoms. The fraction of sp³-hybridized carbons (Fsp3) is 0.154. The first kappa shape index (κ1) is 13.1. The van der Waals surface area contributed by atoms with E-state index in [0.717, 1.165) is 4.88 Å². The summed E-state index contributed by atoms with van der Waals surface area (Å²) in [5, 5.41) is 4.49. The van der Waals surface area contributed by atoms with Crippen molar-refractivity contribution in [2.24, 2.45) is 0 Å². The largest absolute Gasteiger partial charge is 0.324 e. The molecule has 0 saturated heterocycles. The molecule has 2 rings (SSSR count). The lowest BCUT2D eigenvalue weighted by Gasteiger charge is -2.06. The molecule has 0 aliphatic carbocycles. The third-order valence-corrected chi connectivity index (χ3v) is 3.63. The van der Waals surface area contributed by atoms with Crippen molar-refractivity contribution >= 4 is 34.5 Å². The number of anilines is 1. The minimum Gasteiger partial charge on any atom is -0.324 e. The molecule has 0 radical (unpaired) electrons. The second-order valence-electron chi connectivity index (χ2n) is 3.73. The minimum atomic E-state index is -0.594. The molecule has 0 bridgehead atoms. The fourth-order valence-corrected chi connectivity index (χ4v) is 2.39. The summed E-state index contributed by atoms with van der Waals surface area (Å²) < 4.78 is 13.5. The highest BCUT2D eigenvalue weighted by molar-refractivity contribution is 7.09. The quantitative estimate of drug-likeness (QED) is 0.899. The number of benzene rings is 1. The molecule has 2 nitrogen and oxygen atoms in total. The molecule has 0 fully saturated rings. The van der Waals surface area contributed by atoms with E-state index in [9.17, 15) is 9.18 Å². The zero-order valence-corrected chi connectivity index (χ0v) is 11.0. The van der Waals surface area contributed by atoms with E-state index in [-0.39, 0.29) is 16.6 Å². The van der Waals surface area contributed by atoms with Crippen molar-refractivity contribution in [2.45, 2.75) is 12.8 Å². The van der Waals surface area contributed by atoms with Crippen LogP contribution in [0.1, 0.15) is 11.3 Å². The molecule has 94 valence electrons. The van der Waals surface area contributed by atoms with Crippen LogP contribution in [0.2, 0.25) is 5.02 Å². The number of carbonyl (C=O) groups excluding carboxylic acids is 1. The molecule has 1 heterocycles. The van der Waals surface area contributed by atoms with E-state index in [4.69, 9.17) is 11.6 Å². The Kier molecular flexibility index (Phi) is 4.33. The monoisotopic (exact) mass is 283 g/mol. The lowest BCUT2D eigenvalue weighted by atomic mass is 10.2. The summed E-state index contributed by atoms with van der Waals surface area (Å²) in [5.41, 5.74) is 0.124. The molecule has 0 atom stereocenters. The number of hydrogen-bond donors (Lipinski definition) is 1. The van der Waals surface area contributed by atoms with Gasteiger partial charge in [0.05, 0.1) is 10.7 Å². The van der Waals surface area contributed by atoms with E-state index < -0.39 is 5.82 Å². The lowest BCUT2D eigenvalue weighted by Crippen LogP contribution is -2.13. The number of aryl methyl sites for hydroxylation is 1. The summed E-state index contributed by atoms with van der Waals surface area (Å²) in [7, 11) is 0. The van der Waals surface area contributed by atoms with Crippen LogP contribution >= 0.6 is 22.9 Å². The maximum atomic E-state index is 13.5. The van der Waals surface area contributed by atoms with Gasteiger partial charge in [0, 0.05) is 11.3 Å². The Morgan fingerprint density at radius 3 is 2.89 bits per heavy atom. The number of halogens is 2. The molecule has 0 saturated carbocycles. The van der Waals surface area contributed by atoms with Gasteiger partial charge in [0.1, 0.15) is 0 Å². The Morgan fingerprint density at radius 1 is 1.33 bits per heavy atom. The maximum Gasteiger partial charge on any atom is 0.224 e. The molecule has 0 aliphatic rings. The summed E-state index contributed by atoms with van der Waals surface area (Å²) in [6.45, 7) is 0. The van der Waals surface area contributed by atoms with Crippen LogP contribution in [-0.2, 0) is 11.2 Å². The highest BCUT2D eigenvalue weighted by atomic mass is 35.5. The van der Waals surface area contributed by atoms with E-state index in [1.54, 1.807) is 17.4 Å². The Hall–Kier alpha value is -1.39. The Bertz CT molecular complexity index is 542. The molecule has 0 unspecified atom stereocenters. The molecular weight excluding hydrogens is 273 g/mol. The number of nitrogens with one attached hydrogen (secondary N) is 1. The Balaban J connectivity index is 1.93. The number of amides is 1. The first-order valence-electron chi connectivity index (χ1n) is 5.43. The van der Waals surface area contributed by atoms with E-state index in [0.29, 0.717) is 12.8 Å². The van der Waals surface area contributed by atoms with Crippen LogP contribution in [0.25, 0.3) is 0 Å². The lowest BCUT2D eigenvalue weighted by molar-refractivity contribution is -0.116. The molecule has 0 spiro atoms. The van der Waals surface area contributed by atoms with E-state index in [2.05, 4.69) is 5.32 Å². The van der Waals surface area contributed by atoms with Gasteiger partial charge < -0.3 is 5.32 Å². The van der Waals surface area contributed by atoms with Gasteiger partial charge in [0.25, 0.3) is 0 Å². The highest BCUT2D eigenvalue weighted by Gasteiger charge is 2.09.